The molecule has 0 saturated carbocycles. The number of anilines is 1. The van der Waals surface area contributed by atoms with Crippen molar-refractivity contribution in [2.75, 3.05) is 4.72 Å². The third-order valence-electron chi connectivity index (χ3n) is 5.26. The van der Waals surface area contributed by atoms with Gasteiger partial charge in [-0.3, -0.25) is 9.52 Å². The Labute approximate surface area is 184 Å². The van der Waals surface area contributed by atoms with Crippen LogP contribution in [0.25, 0.3) is 0 Å². The number of hydrogen-bond acceptors (Lipinski definition) is 3. The molecule has 1 atom stereocenters. The molecular weight excluding hydrogens is 408 g/mol. The van der Waals surface area contributed by atoms with Gasteiger partial charge < -0.3 is 5.32 Å². The van der Waals surface area contributed by atoms with E-state index in [9.17, 15) is 13.2 Å². The lowest BCUT2D eigenvalue weighted by Gasteiger charge is -2.21. The van der Waals surface area contributed by atoms with Crippen LogP contribution in [0.2, 0.25) is 0 Å². The molecule has 3 aromatic carbocycles. The number of aryl methyl sites for hydroxylation is 3. The van der Waals surface area contributed by atoms with Crippen molar-refractivity contribution in [1.29, 1.82) is 0 Å². The van der Waals surface area contributed by atoms with Crippen molar-refractivity contribution >= 4 is 21.6 Å². The van der Waals surface area contributed by atoms with E-state index >= 15 is 0 Å². The first-order chi connectivity index (χ1) is 14.7. The molecule has 3 aromatic rings. The van der Waals surface area contributed by atoms with Gasteiger partial charge in [-0.25, -0.2) is 8.42 Å². The zero-order chi connectivity index (χ0) is 22.6. The van der Waals surface area contributed by atoms with Gasteiger partial charge in [-0.15, -0.1) is 0 Å². The fourth-order valence-corrected chi connectivity index (χ4v) is 4.62. The van der Waals surface area contributed by atoms with Gasteiger partial charge in [0.15, 0.2) is 0 Å². The molecular formula is C25H28N2O3S. The fourth-order valence-electron chi connectivity index (χ4n) is 3.54. The van der Waals surface area contributed by atoms with Gasteiger partial charge in [0.2, 0.25) is 0 Å². The van der Waals surface area contributed by atoms with Crippen molar-refractivity contribution in [3.63, 3.8) is 0 Å². The van der Waals surface area contributed by atoms with Crippen molar-refractivity contribution < 1.29 is 13.2 Å². The van der Waals surface area contributed by atoms with Crippen LogP contribution in [0, 0.1) is 20.8 Å². The summed E-state index contributed by atoms with van der Waals surface area (Å²) in [6.45, 7) is 7.97. The van der Waals surface area contributed by atoms with Gasteiger partial charge in [-0.1, -0.05) is 60.5 Å². The van der Waals surface area contributed by atoms with E-state index in [-0.39, 0.29) is 28.1 Å². The Morgan fingerprint density at radius 2 is 1.55 bits per heavy atom. The molecule has 0 heterocycles. The van der Waals surface area contributed by atoms with Crippen LogP contribution >= 0.6 is 0 Å². The van der Waals surface area contributed by atoms with Gasteiger partial charge in [0.05, 0.1) is 22.2 Å². The highest BCUT2D eigenvalue weighted by molar-refractivity contribution is 7.92. The largest absolute Gasteiger partial charge is 0.345 e. The summed E-state index contributed by atoms with van der Waals surface area (Å²) >= 11 is 0. The summed E-state index contributed by atoms with van der Waals surface area (Å²) in [5.41, 5.74) is 4.83. The van der Waals surface area contributed by atoms with Crippen LogP contribution in [-0.4, -0.2) is 14.3 Å². The van der Waals surface area contributed by atoms with E-state index in [0.29, 0.717) is 6.42 Å². The van der Waals surface area contributed by atoms with E-state index in [2.05, 4.69) is 16.1 Å². The number of hydrogen-bond donors (Lipinski definition) is 2. The van der Waals surface area contributed by atoms with Crippen LogP contribution in [-0.2, 0) is 10.0 Å². The van der Waals surface area contributed by atoms with E-state index < -0.39 is 10.0 Å². The molecule has 1 amide bonds. The highest BCUT2D eigenvalue weighted by atomic mass is 32.2. The minimum atomic E-state index is -3.81. The van der Waals surface area contributed by atoms with Crippen molar-refractivity contribution in [1.82, 2.24) is 5.32 Å². The lowest BCUT2D eigenvalue weighted by molar-refractivity contribution is 0.0936. The molecule has 0 bridgehead atoms. The van der Waals surface area contributed by atoms with Gasteiger partial charge in [0.25, 0.3) is 15.9 Å². The zero-order valence-corrected chi connectivity index (χ0v) is 19.1. The molecule has 0 aliphatic heterocycles. The topological polar surface area (TPSA) is 75.3 Å². The molecule has 162 valence electrons. The van der Waals surface area contributed by atoms with Crippen molar-refractivity contribution in [3.8, 4) is 0 Å². The minimum Gasteiger partial charge on any atom is -0.345 e. The average Bonchev–Trinajstić information content (AvgIpc) is 2.72. The molecule has 31 heavy (non-hydrogen) atoms. The second-order valence-electron chi connectivity index (χ2n) is 7.76. The third-order valence-corrected chi connectivity index (χ3v) is 6.64. The predicted octanol–water partition coefficient (Wildman–Crippen LogP) is 5.29. The predicted molar refractivity (Wildman–Crippen MR) is 125 cm³/mol. The Morgan fingerprint density at radius 1 is 0.903 bits per heavy atom. The lowest BCUT2D eigenvalue weighted by Crippen LogP contribution is -2.29. The second kappa shape index (κ2) is 9.35. The quantitative estimate of drug-likeness (QED) is 0.528. The third kappa shape index (κ3) is 5.33. The van der Waals surface area contributed by atoms with E-state index in [4.69, 9.17) is 0 Å². The number of benzene rings is 3. The molecule has 0 radical (unpaired) electrons. The molecule has 5 nitrogen and oxygen atoms in total. The first kappa shape index (κ1) is 22.6. The van der Waals surface area contributed by atoms with E-state index in [1.54, 1.807) is 48.5 Å². The Morgan fingerprint density at radius 3 is 2.19 bits per heavy atom. The van der Waals surface area contributed by atoms with Gasteiger partial charge in [-0.05, 0) is 62.6 Å². The monoisotopic (exact) mass is 436 g/mol. The molecule has 0 saturated heterocycles. The fraction of sp³-hybridized carbons (Fsp3) is 0.240. The number of sulfonamides is 1. The number of carbonyl (C=O) groups excluding carboxylic acids is 1. The molecule has 6 heteroatoms. The Hall–Kier alpha value is -3.12. The first-order valence-electron chi connectivity index (χ1n) is 10.3. The summed E-state index contributed by atoms with van der Waals surface area (Å²) < 4.78 is 28.2. The summed E-state index contributed by atoms with van der Waals surface area (Å²) in [7, 11) is -3.81. The maximum absolute atomic E-state index is 13.1. The van der Waals surface area contributed by atoms with Gasteiger partial charge >= 0.3 is 0 Å². The highest BCUT2D eigenvalue weighted by Crippen LogP contribution is 2.25. The molecule has 3 rings (SSSR count). The van der Waals surface area contributed by atoms with Crippen molar-refractivity contribution in [2.24, 2.45) is 0 Å². The summed E-state index contributed by atoms with van der Waals surface area (Å²) in [4.78, 5) is 13.3. The second-order valence-corrected chi connectivity index (χ2v) is 9.44. The van der Waals surface area contributed by atoms with Gasteiger partial charge in [0, 0.05) is 0 Å². The Kier molecular flexibility index (Phi) is 6.81. The number of carbonyl (C=O) groups is 1. The summed E-state index contributed by atoms with van der Waals surface area (Å²) in [5, 5.41) is 3.06. The zero-order valence-electron chi connectivity index (χ0n) is 18.3. The maximum atomic E-state index is 13.1. The summed E-state index contributed by atoms with van der Waals surface area (Å²) in [5.74, 6) is -0.325. The molecule has 0 aromatic heterocycles. The molecule has 2 N–H and O–H groups in total. The van der Waals surface area contributed by atoms with E-state index in [1.165, 1.54) is 5.56 Å². The SMILES string of the molecule is CCC(NC(=O)c1ccccc1NS(=O)(=O)c1ccc(C)cc1)c1ccc(C)cc1C. The molecule has 0 aliphatic rings. The number of para-hydroxylation sites is 1. The Balaban J connectivity index is 1.86. The number of rotatable bonds is 7. The van der Waals surface area contributed by atoms with Crippen LogP contribution < -0.4 is 10.0 Å². The highest BCUT2D eigenvalue weighted by Gasteiger charge is 2.21. The van der Waals surface area contributed by atoms with Gasteiger partial charge in [0.1, 0.15) is 0 Å². The van der Waals surface area contributed by atoms with Crippen molar-refractivity contribution in [2.45, 2.75) is 45.1 Å². The Bertz CT molecular complexity index is 1190. The van der Waals surface area contributed by atoms with Crippen LogP contribution in [0.3, 0.4) is 0 Å². The van der Waals surface area contributed by atoms with Crippen LogP contribution in [0.4, 0.5) is 5.69 Å². The average molecular weight is 437 g/mol. The lowest BCUT2D eigenvalue weighted by atomic mass is 9.97. The summed E-state index contributed by atoms with van der Waals surface area (Å²) in [6, 6.07) is 19.2. The maximum Gasteiger partial charge on any atom is 0.261 e. The van der Waals surface area contributed by atoms with E-state index in [0.717, 1.165) is 16.7 Å². The van der Waals surface area contributed by atoms with Crippen LogP contribution in [0.1, 0.15) is 52.0 Å². The normalized spacial score (nSPS) is 12.3. The minimum absolute atomic E-state index is 0.148. The number of nitrogens with one attached hydrogen (secondary N) is 2. The molecule has 0 aliphatic carbocycles. The molecule has 0 spiro atoms. The van der Waals surface area contributed by atoms with Crippen LogP contribution in [0.5, 0.6) is 0 Å². The number of amides is 1. The summed E-state index contributed by atoms with van der Waals surface area (Å²) in [6.07, 6.45) is 0.715. The van der Waals surface area contributed by atoms with Gasteiger partial charge in [-0.2, -0.15) is 0 Å². The smallest absolute Gasteiger partial charge is 0.261 e. The van der Waals surface area contributed by atoms with E-state index in [1.807, 2.05) is 39.8 Å². The molecule has 1 unspecified atom stereocenters. The van der Waals surface area contributed by atoms with Crippen molar-refractivity contribution in [3.05, 3.63) is 94.5 Å². The first-order valence-corrected chi connectivity index (χ1v) is 11.8. The standard InChI is InChI=1S/C25H28N2O3S/c1-5-23(21-15-12-18(3)16-19(21)4)26-25(28)22-8-6-7-9-24(22)27-31(29,30)20-13-10-17(2)11-14-20/h6-16,23,27H,5H2,1-4H3,(H,26,28). The molecule has 0 fully saturated rings. The van der Waals surface area contributed by atoms with Crippen LogP contribution in [0.15, 0.2) is 71.6 Å².